The third-order valence-corrected chi connectivity index (χ3v) is 5.21. The molecule has 2 aromatic rings. The van der Waals surface area contributed by atoms with Crippen molar-refractivity contribution < 1.29 is 9.59 Å². The third kappa shape index (κ3) is 4.70. The van der Waals surface area contributed by atoms with Crippen molar-refractivity contribution in [3.8, 4) is 0 Å². The lowest BCUT2D eigenvalue weighted by Crippen LogP contribution is -2.41. The Bertz CT molecular complexity index is 841. The predicted octanol–water partition coefficient (Wildman–Crippen LogP) is 2.76. The van der Waals surface area contributed by atoms with E-state index in [-0.39, 0.29) is 30.3 Å². The summed E-state index contributed by atoms with van der Waals surface area (Å²) in [6, 6.07) is 14.9. The lowest BCUT2D eigenvalue weighted by molar-refractivity contribution is -0.136. The van der Waals surface area contributed by atoms with Crippen LogP contribution in [0.25, 0.3) is 0 Å². The van der Waals surface area contributed by atoms with Gasteiger partial charge in [0.15, 0.2) is 0 Å². The highest BCUT2D eigenvalue weighted by molar-refractivity contribution is 6.30. The number of halogens is 1. The van der Waals surface area contributed by atoms with Crippen molar-refractivity contribution in [1.29, 1.82) is 0 Å². The second kappa shape index (κ2) is 9.19. The molecule has 1 heterocycles. The Hall–Kier alpha value is -2.41. The van der Waals surface area contributed by atoms with Crippen molar-refractivity contribution >= 4 is 29.1 Å². The number of para-hydroxylation sites is 1. The SMILES string of the molecule is CCc1ccccc1NC(=O)CN(C)C(=O)C1CNNC1c1ccc(Cl)cc1. The van der Waals surface area contributed by atoms with E-state index in [0.29, 0.717) is 11.6 Å². The van der Waals surface area contributed by atoms with Crippen LogP contribution in [0.2, 0.25) is 5.02 Å². The van der Waals surface area contributed by atoms with Gasteiger partial charge in [0.1, 0.15) is 0 Å². The molecule has 0 aliphatic carbocycles. The summed E-state index contributed by atoms with van der Waals surface area (Å²) in [5.74, 6) is -0.600. The highest BCUT2D eigenvalue weighted by Gasteiger charge is 2.36. The number of hydrogen-bond acceptors (Lipinski definition) is 4. The minimum absolute atomic E-state index is 0.000714. The number of carbonyl (C=O) groups excluding carboxylic acids is 2. The molecule has 2 amide bonds. The van der Waals surface area contributed by atoms with Crippen LogP contribution in [-0.4, -0.2) is 36.9 Å². The van der Waals surface area contributed by atoms with E-state index < -0.39 is 0 Å². The molecule has 3 N–H and O–H groups in total. The summed E-state index contributed by atoms with van der Waals surface area (Å²) >= 11 is 5.96. The van der Waals surface area contributed by atoms with Crippen LogP contribution in [0.4, 0.5) is 5.69 Å². The van der Waals surface area contributed by atoms with E-state index in [1.54, 1.807) is 19.2 Å². The van der Waals surface area contributed by atoms with E-state index >= 15 is 0 Å². The molecule has 0 spiro atoms. The maximum Gasteiger partial charge on any atom is 0.243 e. The Morgan fingerprint density at radius 3 is 2.61 bits per heavy atom. The Morgan fingerprint density at radius 2 is 1.89 bits per heavy atom. The normalized spacial score (nSPS) is 18.7. The molecule has 0 saturated carbocycles. The van der Waals surface area contributed by atoms with Crippen molar-refractivity contribution in [2.75, 3.05) is 25.5 Å². The average Bonchev–Trinajstić information content (AvgIpc) is 3.18. The highest BCUT2D eigenvalue weighted by atomic mass is 35.5. The lowest BCUT2D eigenvalue weighted by atomic mass is 9.94. The van der Waals surface area contributed by atoms with Crippen molar-refractivity contribution in [2.24, 2.45) is 5.92 Å². The number of hydrogen-bond donors (Lipinski definition) is 3. The number of hydrazine groups is 1. The molecule has 0 radical (unpaired) electrons. The van der Waals surface area contributed by atoms with E-state index in [1.165, 1.54) is 4.90 Å². The molecule has 3 rings (SSSR count). The Labute approximate surface area is 170 Å². The molecule has 2 atom stereocenters. The number of benzene rings is 2. The maximum absolute atomic E-state index is 12.9. The molecule has 28 heavy (non-hydrogen) atoms. The molecule has 2 unspecified atom stereocenters. The van der Waals surface area contributed by atoms with E-state index in [1.807, 2.05) is 43.3 Å². The summed E-state index contributed by atoms with van der Waals surface area (Å²) in [5.41, 5.74) is 9.03. The van der Waals surface area contributed by atoms with Crippen LogP contribution in [0.1, 0.15) is 24.1 Å². The van der Waals surface area contributed by atoms with Gasteiger partial charge in [0.05, 0.1) is 18.5 Å². The maximum atomic E-state index is 12.9. The molecule has 0 aromatic heterocycles. The molecule has 148 valence electrons. The Balaban J connectivity index is 1.63. The first kappa shape index (κ1) is 20.3. The summed E-state index contributed by atoms with van der Waals surface area (Å²) in [5, 5.41) is 3.56. The van der Waals surface area contributed by atoms with Gasteiger partial charge in [-0.1, -0.05) is 48.9 Å². The molecule has 2 aromatic carbocycles. The van der Waals surface area contributed by atoms with Crippen molar-refractivity contribution in [3.63, 3.8) is 0 Å². The zero-order chi connectivity index (χ0) is 20.1. The molecule has 1 saturated heterocycles. The summed E-state index contributed by atoms with van der Waals surface area (Å²) < 4.78 is 0. The smallest absolute Gasteiger partial charge is 0.243 e. The zero-order valence-electron chi connectivity index (χ0n) is 16.0. The van der Waals surface area contributed by atoms with Crippen LogP contribution in [0.5, 0.6) is 0 Å². The molecule has 1 aliphatic heterocycles. The predicted molar refractivity (Wildman–Crippen MR) is 111 cm³/mol. The summed E-state index contributed by atoms with van der Waals surface area (Å²) in [4.78, 5) is 26.9. The third-order valence-electron chi connectivity index (χ3n) is 4.96. The van der Waals surface area contributed by atoms with E-state index in [4.69, 9.17) is 11.6 Å². The average molecular weight is 401 g/mol. The number of rotatable bonds is 6. The van der Waals surface area contributed by atoms with Gasteiger partial charge in [-0.15, -0.1) is 0 Å². The minimum Gasteiger partial charge on any atom is -0.336 e. The van der Waals surface area contributed by atoms with Gasteiger partial charge in [-0.25, -0.2) is 5.43 Å². The van der Waals surface area contributed by atoms with Crippen molar-refractivity contribution in [1.82, 2.24) is 15.8 Å². The van der Waals surface area contributed by atoms with Gasteiger partial charge in [0.25, 0.3) is 0 Å². The Morgan fingerprint density at radius 1 is 1.18 bits per heavy atom. The first-order chi connectivity index (χ1) is 13.5. The van der Waals surface area contributed by atoms with Gasteiger partial charge in [-0.2, -0.15) is 0 Å². The molecule has 1 aliphatic rings. The summed E-state index contributed by atoms with van der Waals surface area (Å²) in [7, 11) is 1.66. The van der Waals surface area contributed by atoms with Gasteiger partial charge < -0.3 is 10.2 Å². The van der Waals surface area contributed by atoms with E-state index in [2.05, 4.69) is 16.2 Å². The molecule has 7 heteroatoms. The Kier molecular flexibility index (Phi) is 6.67. The fourth-order valence-electron chi connectivity index (χ4n) is 3.43. The number of aryl methyl sites for hydroxylation is 1. The number of amides is 2. The summed E-state index contributed by atoms with van der Waals surface area (Å²) in [6.45, 7) is 2.54. The monoisotopic (exact) mass is 400 g/mol. The quantitative estimate of drug-likeness (QED) is 0.697. The first-order valence-corrected chi connectivity index (χ1v) is 9.74. The van der Waals surface area contributed by atoms with Crippen LogP contribution in [0, 0.1) is 5.92 Å². The van der Waals surface area contributed by atoms with Crippen molar-refractivity contribution in [2.45, 2.75) is 19.4 Å². The van der Waals surface area contributed by atoms with Gasteiger partial charge in [0.2, 0.25) is 11.8 Å². The molecule has 1 fully saturated rings. The molecular formula is C21H25ClN4O2. The molecular weight excluding hydrogens is 376 g/mol. The lowest BCUT2D eigenvalue weighted by Gasteiger charge is -2.24. The zero-order valence-corrected chi connectivity index (χ0v) is 16.8. The number of carbonyl (C=O) groups is 2. The minimum atomic E-state index is -0.304. The van der Waals surface area contributed by atoms with Gasteiger partial charge in [-0.05, 0) is 35.7 Å². The second-order valence-electron chi connectivity index (χ2n) is 6.91. The van der Waals surface area contributed by atoms with E-state index in [9.17, 15) is 9.59 Å². The number of nitrogens with zero attached hydrogens (tertiary/aromatic N) is 1. The van der Waals surface area contributed by atoms with Gasteiger partial charge >= 0.3 is 0 Å². The van der Waals surface area contributed by atoms with Crippen LogP contribution in [-0.2, 0) is 16.0 Å². The highest BCUT2D eigenvalue weighted by Crippen LogP contribution is 2.27. The van der Waals surface area contributed by atoms with Crippen LogP contribution >= 0.6 is 11.6 Å². The first-order valence-electron chi connectivity index (χ1n) is 9.36. The van der Waals surface area contributed by atoms with Gasteiger partial charge in [0, 0.05) is 24.3 Å². The number of anilines is 1. The largest absolute Gasteiger partial charge is 0.336 e. The fourth-order valence-corrected chi connectivity index (χ4v) is 3.56. The topological polar surface area (TPSA) is 73.5 Å². The number of nitrogens with one attached hydrogen (secondary N) is 3. The van der Waals surface area contributed by atoms with Crippen LogP contribution < -0.4 is 16.2 Å². The standard InChI is InChI=1S/C21H25ClN4O2/c1-3-14-6-4-5-7-18(14)24-19(27)13-26(2)21(28)17-12-23-25-20(17)15-8-10-16(22)11-9-15/h4-11,17,20,23,25H,3,12-13H2,1-2H3,(H,24,27). The molecule has 6 nitrogen and oxygen atoms in total. The summed E-state index contributed by atoms with van der Waals surface area (Å²) in [6.07, 6.45) is 0.827. The van der Waals surface area contributed by atoms with Crippen LogP contribution in [0.15, 0.2) is 48.5 Å². The second-order valence-corrected chi connectivity index (χ2v) is 7.35. The fraction of sp³-hybridized carbons (Fsp3) is 0.333. The van der Waals surface area contributed by atoms with Gasteiger partial charge in [-0.3, -0.25) is 15.0 Å². The van der Waals surface area contributed by atoms with Crippen LogP contribution in [0.3, 0.4) is 0 Å². The van der Waals surface area contributed by atoms with Crippen molar-refractivity contribution in [3.05, 3.63) is 64.7 Å². The number of likely N-dealkylation sites (N-methyl/N-ethyl adjacent to an activating group) is 1. The molecule has 0 bridgehead atoms. The van der Waals surface area contributed by atoms with E-state index in [0.717, 1.165) is 23.2 Å².